The van der Waals surface area contributed by atoms with Crippen molar-refractivity contribution in [2.45, 2.75) is 26.7 Å². The van der Waals surface area contributed by atoms with Gasteiger partial charge in [0.05, 0.1) is 0 Å². The molecule has 0 unspecified atom stereocenters. The van der Waals surface area contributed by atoms with E-state index in [0.29, 0.717) is 11.8 Å². The van der Waals surface area contributed by atoms with Crippen molar-refractivity contribution in [2.24, 2.45) is 11.8 Å². The Balaban J connectivity index is 3.67. The summed E-state index contributed by atoms with van der Waals surface area (Å²) in [4.78, 5) is 0. The van der Waals surface area contributed by atoms with Crippen LogP contribution in [0.15, 0.2) is 12.7 Å². The van der Waals surface area contributed by atoms with Gasteiger partial charge < -0.3 is 5.11 Å². The first-order chi connectivity index (χ1) is 4.76. The zero-order valence-corrected chi connectivity index (χ0v) is 7.01. The first-order valence-electron chi connectivity index (χ1n) is 3.99. The van der Waals surface area contributed by atoms with Gasteiger partial charge >= 0.3 is 0 Å². The fraction of sp³-hybridized carbons (Fsp3) is 0.778. The molecular formula is C9H18O. The van der Waals surface area contributed by atoms with E-state index in [2.05, 4.69) is 20.4 Å². The Morgan fingerprint density at radius 1 is 1.60 bits per heavy atom. The highest BCUT2D eigenvalue weighted by molar-refractivity contribution is 4.81. The van der Waals surface area contributed by atoms with E-state index in [4.69, 9.17) is 5.11 Å². The smallest absolute Gasteiger partial charge is 0.0436 e. The van der Waals surface area contributed by atoms with Gasteiger partial charge in [0.15, 0.2) is 0 Å². The van der Waals surface area contributed by atoms with Crippen LogP contribution in [0.5, 0.6) is 0 Å². The van der Waals surface area contributed by atoms with Crippen LogP contribution in [0.25, 0.3) is 0 Å². The van der Waals surface area contributed by atoms with Gasteiger partial charge in [-0.2, -0.15) is 0 Å². The average molecular weight is 142 g/mol. The van der Waals surface area contributed by atoms with Crippen molar-refractivity contribution in [2.75, 3.05) is 6.61 Å². The Morgan fingerprint density at radius 3 is 2.50 bits per heavy atom. The Hall–Kier alpha value is -0.300. The Bertz CT molecular complexity index is 88.7. The summed E-state index contributed by atoms with van der Waals surface area (Å²) < 4.78 is 0. The zero-order chi connectivity index (χ0) is 7.98. The second-order valence-electron chi connectivity index (χ2n) is 2.80. The molecule has 0 fully saturated rings. The molecule has 60 valence electrons. The van der Waals surface area contributed by atoms with E-state index in [-0.39, 0.29) is 6.61 Å². The minimum absolute atomic E-state index is 0.279. The molecule has 0 amide bonds. The first kappa shape index (κ1) is 9.70. The summed E-state index contributed by atoms with van der Waals surface area (Å²) in [7, 11) is 0. The molecule has 0 radical (unpaired) electrons. The Morgan fingerprint density at radius 2 is 2.20 bits per heavy atom. The van der Waals surface area contributed by atoms with Gasteiger partial charge in [0.25, 0.3) is 0 Å². The second kappa shape index (κ2) is 5.48. The molecule has 10 heavy (non-hydrogen) atoms. The Labute approximate surface area is 63.8 Å². The summed E-state index contributed by atoms with van der Waals surface area (Å²) >= 11 is 0. The molecule has 1 nitrogen and oxygen atoms in total. The van der Waals surface area contributed by atoms with Gasteiger partial charge in [-0.1, -0.05) is 26.3 Å². The third-order valence-corrected chi connectivity index (χ3v) is 2.14. The molecule has 0 heterocycles. The number of aliphatic hydroxyl groups is 1. The summed E-state index contributed by atoms with van der Waals surface area (Å²) in [5.74, 6) is 1.15. The van der Waals surface area contributed by atoms with Crippen molar-refractivity contribution in [3.63, 3.8) is 0 Å². The van der Waals surface area contributed by atoms with E-state index in [1.54, 1.807) is 0 Å². The van der Waals surface area contributed by atoms with Crippen molar-refractivity contribution in [3.05, 3.63) is 12.7 Å². The molecule has 2 atom stereocenters. The van der Waals surface area contributed by atoms with Gasteiger partial charge in [-0.3, -0.25) is 0 Å². The summed E-state index contributed by atoms with van der Waals surface area (Å²) in [5, 5.41) is 8.66. The van der Waals surface area contributed by atoms with Crippen LogP contribution in [0.1, 0.15) is 26.7 Å². The van der Waals surface area contributed by atoms with Crippen LogP contribution in [-0.2, 0) is 0 Å². The maximum absolute atomic E-state index is 8.66. The predicted octanol–water partition coefficient (Wildman–Crippen LogP) is 2.22. The van der Waals surface area contributed by atoms with E-state index in [1.165, 1.54) is 0 Å². The highest BCUT2D eigenvalue weighted by Gasteiger charge is 2.10. The topological polar surface area (TPSA) is 20.2 Å². The zero-order valence-electron chi connectivity index (χ0n) is 7.01. The van der Waals surface area contributed by atoms with Crippen molar-refractivity contribution in [1.29, 1.82) is 0 Å². The molecule has 1 heteroatoms. The van der Waals surface area contributed by atoms with Gasteiger partial charge in [0, 0.05) is 6.61 Å². The van der Waals surface area contributed by atoms with E-state index in [0.717, 1.165) is 12.8 Å². The lowest BCUT2D eigenvalue weighted by molar-refractivity contribution is 0.246. The average Bonchev–Trinajstić information content (AvgIpc) is 1.99. The van der Waals surface area contributed by atoms with Gasteiger partial charge in [0.2, 0.25) is 0 Å². The third-order valence-electron chi connectivity index (χ3n) is 2.14. The van der Waals surface area contributed by atoms with Crippen LogP contribution in [0.2, 0.25) is 0 Å². The molecule has 0 aliphatic rings. The molecule has 0 aliphatic carbocycles. The highest BCUT2D eigenvalue weighted by Crippen LogP contribution is 2.18. The minimum atomic E-state index is 0.279. The second-order valence-corrected chi connectivity index (χ2v) is 2.80. The lowest BCUT2D eigenvalue weighted by Gasteiger charge is -2.17. The summed E-state index contributed by atoms with van der Waals surface area (Å²) in [6, 6.07) is 0. The number of hydrogen-bond donors (Lipinski definition) is 1. The highest BCUT2D eigenvalue weighted by atomic mass is 16.3. The van der Waals surface area contributed by atoms with Gasteiger partial charge in [0.1, 0.15) is 0 Å². The summed E-state index contributed by atoms with van der Waals surface area (Å²) in [6.07, 6.45) is 3.97. The molecular weight excluding hydrogens is 124 g/mol. The molecule has 0 bridgehead atoms. The molecule has 0 saturated carbocycles. The lowest BCUT2D eigenvalue weighted by atomic mass is 9.89. The minimum Gasteiger partial charge on any atom is -0.396 e. The fourth-order valence-corrected chi connectivity index (χ4v) is 1.09. The molecule has 0 aromatic rings. The van der Waals surface area contributed by atoms with Crippen molar-refractivity contribution >= 4 is 0 Å². The SMILES string of the molecule is C=C[C@H](CCO)[C@@H](C)CC. The predicted molar refractivity (Wildman–Crippen MR) is 44.8 cm³/mol. The third kappa shape index (κ3) is 3.02. The molecule has 0 aromatic heterocycles. The van der Waals surface area contributed by atoms with E-state index in [9.17, 15) is 0 Å². The molecule has 0 aromatic carbocycles. The molecule has 0 spiro atoms. The summed E-state index contributed by atoms with van der Waals surface area (Å²) in [5.41, 5.74) is 0. The van der Waals surface area contributed by atoms with Crippen LogP contribution >= 0.6 is 0 Å². The van der Waals surface area contributed by atoms with Crippen LogP contribution in [-0.4, -0.2) is 11.7 Å². The lowest BCUT2D eigenvalue weighted by Crippen LogP contribution is -2.09. The van der Waals surface area contributed by atoms with E-state index < -0.39 is 0 Å². The van der Waals surface area contributed by atoms with Crippen molar-refractivity contribution in [1.82, 2.24) is 0 Å². The normalized spacial score (nSPS) is 16.3. The van der Waals surface area contributed by atoms with Crippen LogP contribution in [0.3, 0.4) is 0 Å². The first-order valence-corrected chi connectivity index (χ1v) is 3.99. The largest absolute Gasteiger partial charge is 0.396 e. The van der Waals surface area contributed by atoms with Crippen molar-refractivity contribution in [3.8, 4) is 0 Å². The maximum atomic E-state index is 8.66. The Kier molecular flexibility index (Phi) is 5.32. The van der Waals surface area contributed by atoms with Gasteiger partial charge in [-0.05, 0) is 18.3 Å². The molecule has 1 N–H and O–H groups in total. The number of aliphatic hydroxyl groups excluding tert-OH is 1. The molecule has 0 rings (SSSR count). The van der Waals surface area contributed by atoms with E-state index in [1.807, 2.05) is 6.08 Å². The number of rotatable bonds is 5. The van der Waals surface area contributed by atoms with Crippen LogP contribution in [0, 0.1) is 11.8 Å². The molecule has 0 aliphatic heterocycles. The monoisotopic (exact) mass is 142 g/mol. The van der Waals surface area contributed by atoms with E-state index >= 15 is 0 Å². The fourth-order valence-electron chi connectivity index (χ4n) is 1.09. The quantitative estimate of drug-likeness (QED) is 0.583. The van der Waals surface area contributed by atoms with Gasteiger partial charge in [-0.15, -0.1) is 6.58 Å². The maximum Gasteiger partial charge on any atom is 0.0436 e. The van der Waals surface area contributed by atoms with Crippen LogP contribution < -0.4 is 0 Å². The molecule has 0 saturated heterocycles. The van der Waals surface area contributed by atoms with Gasteiger partial charge in [-0.25, -0.2) is 0 Å². The number of hydrogen-bond acceptors (Lipinski definition) is 1. The summed E-state index contributed by atoms with van der Waals surface area (Å²) in [6.45, 7) is 8.38. The van der Waals surface area contributed by atoms with Crippen molar-refractivity contribution < 1.29 is 5.11 Å². The number of allylic oxidation sites excluding steroid dienone is 1. The van der Waals surface area contributed by atoms with Crippen LogP contribution in [0.4, 0.5) is 0 Å². The standard InChI is InChI=1S/C9H18O/c1-4-8(3)9(5-2)6-7-10/h5,8-10H,2,4,6-7H2,1,3H3/t8-,9+/m0/s1.